The van der Waals surface area contributed by atoms with E-state index >= 15 is 0 Å². The standard InChI is InChI=1S/C14H20FNO/c1-10(2)9-17-14-6-12(5-13(15)7-14)8-16-11(3)4/h5-7,11,16H,1,8-9H2,2-4H3. The Balaban J connectivity index is 2.68. The molecule has 17 heavy (non-hydrogen) atoms. The van der Waals surface area contributed by atoms with Crippen molar-refractivity contribution in [1.82, 2.24) is 5.32 Å². The summed E-state index contributed by atoms with van der Waals surface area (Å²) in [6.07, 6.45) is 0. The number of hydrogen-bond acceptors (Lipinski definition) is 2. The number of nitrogens with one attached hydrogen (secondary N) is 1. The zero-order chi connectivity index (χ0) is 12.8. The van der Waals surface area contributed by atoms with Gasteiger partial charge < -0.3 is 10.1 Å². The Morgan fingerprint density at radius 3 is 2.71 bits per heavy atom. The Kier molecular flexibility index (Phi) is 5.16. The highest BCUT2D eigenvalue weighted by Crippen LogP contribution is 2.17. The maximum Gasteiger partial charge on any atom is 0.127 e. The topological polar surface area (TPSA) is 21.3 Å². The lowest BCUT2D eigenvalue weighted by atomic mass is 10.2. The predicted octanol–water partition coefficient (Wildman–Crippen LogP) is 3.28. The van der Waals surface area contributed by atoms with E-state index < -0.39 is 0 Å². The van der Waals surface area contributed by atoms with Gasteiger partial charge in [0.2, 0.25) is 0 Å². The van der Waals surface area contributed by atoms with E-state index in [1.165, 1.54) is 12.1 Å². The van der Waals surface area contributed by atoms with Gasteiger partial charge in [0.25, 0.3) is 0 Å². The van der Waals surface area contributed by atoms with Gasteiger partial charge in [-0.25, -0.2) is 4.39 Å². The minimum absolute atomic E-state index is 0.273. The van der Waals surface area contributed by atoms with E-state index in [1.807, 2.05) is 13.0 Å². The van der Waals surface area contributed by atoms with Crippen LogP contribution in [0.4, 0.5) is 4.39 Å². The molecule has 1 aromatic rings. The summed E-state index contributed by atoms with van der Waals surface area (Å²) in [5, 5.41) is 3.24. The molecular formula is C14H20FNO. The number of rotatable bonds is 6. The Labute approximate surface area is 102 Å². The first-order valence-electron chi connectivity index (χ1n) is 5.77. The van der Waals surface area contributed by atoms with E-state index in [0.29, 0.717) is 24.9 Å². The Morgan fingerprint density at radius 1 is 1.41 bits per heavy atom. The molecule has 1 aromatic carbocycles. The molecule has 0 aliphatic heterocycles. The normalized spacial score (nSPS) is 10.6. The molecule has 0 amide bonds. The number of ether oxygens (including phenoxy) is 1. The van der Waals surface area contributed by atoms with E-state index in [4.69, 9.17) is 4.74 Å². The fourth-order valence-corrected chi connectivity index (χ4v) is 1.33. The van der Waals surface area contributed by atoms with Crippen LogP contribution in [-0.4, -0.2) is 12.6 Å². The second-order valence-electron chi connectivity index (χ2n) is 4.58. The molecule has 1 rings (SSSR count). The summed E-state index contributed by atoms with van der Waals surface area (Å²) in [4.78, 5) is 0. The summed E-state index contributed by atoms with van der Waals surface area (Å²) in [6, 6.07) is 5.13. The predicted molar refractivity (Wildman–Crippen MR) is 68.7 cm³/mol. The van der Waals surface area contributed by atoms with E-state index in [9.17, 15) is 4.39 Å². The Bertz CT molecular complexity index is 388. The lowest BCUT2D eigenvalue weighted by Crippen LogP contribution is -2.21. The first-order valence-corrected chi connectivity index (χ1v) is 5.77. The van der Waals surface area contributed by atoms with Gasteiger partial charge >= 0.3 is 0 Å². The monoisotopic (exact) mass is 237 g/mol. The van der Waals surface area contributed by atoms with Crippen LogP contribution >= 0.6 is 0 Å². The van der Waals surface area contributed by atoms with Gasteiger partial charge in [0, 0.05) is 18.7 Å². The highest BCUT2D eigenvalue weighted by molar-refractivity contribution is 5.30. The molecule has 0 saturated carbocycles. The molecular weight excluding hydrogens is 217 g/mol. The molecule has 0 radical (unpaired) electrons. The minimum Gasteiger partial charge on any atom is -0.489 e. The quantitative estimate of drug-likeness (QED) is 0.767. The van der Waals surface area contributed by atoms with Crippen molar-refractivity contribution < 1.29 is 9.13 Å². The van der Waals surface area contributed by atoms with Crippen LogP contribution in [0.2, 0.25) is 0 Å². The summed E-state index contributed by atoms with van der Waals surface area (Å²) < 4.78 is 18.8. The maximum atomic E-state index is 13.3. The molecule has 0 saturated heterocycles. The number of halogens is 1. The molecule has 3 heteroatoms. The Morgan fingerprint density at radius 2 is 2.12 bits per heavy atom. The third kappa shape index (κ3) is 5.50. The van der Waals surface area contributed by atoms with Gasteiger partial charge in [0.1, 0.15) is 18.2 Å². The largest absolute Gasteiger partial charge is 0.489 e. The number of benzene rings is 1. The van der Waals surface area contributed by atoms with Crippen molar-refractivity contribution in [1.29, 1.82) is 0 Å². The smallest absolute Gasteiger partial charge is 0.127 e. The van der Waals surface area contributed by atoms with Crippen molar-refractivity contribution in [3.8, 4) is 5.75 Å². The molecule has 0 aromatic heterocycles. The van der Waals surface area contributed by atoms with Crippen LogP contribution in [0.15, 0.2) is 30.4 Å². The molecule has 0 atom stereocenters. The molecule has 1 N–H and O–H groups in total. The van der Waals surface area contributed by atoms with Crippen LogP contribution in [0.5, 0.6) is 5.75 Å². The van der Waals surface area contributed by atoms with Crippen molar-refractivity contribution in [3.63, 3.8) is 0 Å². The summed E-state index contributed by atoms with van der Waals surface area (Å²) in [6.45, 7) is 10.8. The van der Waals surface area contributed by atoms with Gasteiger partial charge in [-0.3, -0.25) is 0 Å². The molecule has 0 bridgehead atoms. The SMILES string of the molecule is C=C(C)COc1cc(F)cc(CNC(C)C)c1. The van der Waals surface area contributed by atoms with Crippen LogP contribution < -0.4 is 10.1 Å². The van der Waals surface area contributed by atoms with E-state index in [1.54, 1.807) is 0 Å². The molecule has 94 valence electrons. The van der Waals surface area contributed by atoms with E-state index in [-0.39, 0.29) is 5.82 Å². The van der Waals surface area contributed by atoms with Crippen LogP contribution in [0.25, 0.3) is 0 Å². The zero-order valence-corrected chi connectivity index (χ0v) is 10.7. The molecule has 0 aliphatic rings. The van der Waals surface area contributed by atoms with E-state index in [0.717, 1.165) is 11.1 Å². The van der Waals surface area contributed by atoms with Gasteiger partial charge in [0.15, 0.2) is 0 Å². The number of hydrogen-bond donors (Lipinski definition) is 1. The highest BCUT2D eigenvalue weighted by atomic mass is 19.1. The third-order valence-electron chi connectivity index (χ3n) is 2.13. The van der Waals surface area contributed by atoms with Gasteiger partial charge in [-0.2, -0.15) is 0 Å². The average molecular weight is 237 g/mol. The van der Waals surface area contributed by atoms with Gasteiger partial charge in [0.05, 0.1) is 0 Å². The average Bonchev–Trinajstić information content (AvgIpc) is 2.23. The molecule has 0 unspecified atom stereocenters. The maximum absolute atomic E-state index is 13.3. The van der Waals surface area contributed by atoms with Crippen LogP contribution in [0, 0.1) is 5.82 Å². The van der Waals surface area contributed by atoms with Crippen molar-refractivity contribution in [2.75, 3.05) is 6.61 Å². The Hall–Kier alpha value is -1.35. The summed E-state index contributed by atoms with van der Waals surface area (Å²) >= 11 is 0. The first-order chi connectivity index (χ1) is 7.97. The zero-order valence-electron chi connectivity index (χ0n) is 10.7. The molecule has 0 fully saturated rings. The van der Waals surface area contributed by atoms with Crippen molar-refractivity contribution in [2.45, 2.75) is 33.4 Å². The summed E-state index contributed by atoms with van der Waals surface area (Å²) in [5.74, 6) is 0.276. The van der Waals surface area contributed by atoms with Crippen LogP contribution in [0.3, 0.4) is 0 Å². The fourth-order valence-electron chi connectivity index (χ4n) is 1.33. The summed E-state index contributed by atoms with van der Waals surface area (Å²) in [5.41, 5.74) is 1.80. The highest BCUT2D eigenvalue weighted by Gasteiger charge is 2.03. The minimum atomic E-state index is -0.273. The van der Waals surface area contributed by atoms with Crippen molar-refractivity contribution in [3.05, 3.63) is 41.7 Å². The molecule has 0 aliphatic carbocycles. The third-order valence-corrected chi connectivity index (χ3v) is 2.13. The summed E-state index contributed by atoms with van der Waals surface area (Å²) in [7, 11) is 0. The first kappa shape index (κ1) is 13.7. The van der Waals surface area contributed by atoms with Crippen molar-refractivity contribution in [2.24, 2.45) is 0 Å². The lowest BCUT2D eigenvalue weighted by molar-refractivity contribution is 0.350. The van der Waals surface area contributed by atoms with Gasteiger partial charge in [-0.05, 0) is 30.2 Å². The molecule has 2 nitrogen and oxygen atoms in total. The van der Waals surface area contributed by atoms with E-state index in [2.05, 4.69) is 25.7 Å². The second kappa shape index (κ2) is 6.40. The second-order valence-corrected chi connectivity index (χ2v) is 4.58. The van der Waals surface area contributed by atoms with Crippen molar-refractivity contribution >= 4 is 0 Å². The fraction of sp³-hybridized carbons (Fsp3) is 0.429. The molecule has 0 spiro atoms. The molecule has 0 heterocycles. The van der Waals surface area contributed by atoms with Gasteiger partial charge in [-0.1, -0.05) is 20.4 Å². The van der Waals surface area contributed by atoms with Gasteiger partial charge in [-0.15, -0.1) is 0 Å². The van der Waals surface area contributed by atoms with Crippen LogP contribution in [0.1, 0.15) is 26.3 Å². The lowest BCUT2D eigenvalue weighted by Gasteiger charge is -2.11. The van der Waals surface area contributed by atoms with Crippen LogP contribution in [-0.2, 0) is 6.54 Å².